The van der Waals surface area contributed by atoms with Crippen molar-refractivity contribution in [1.82, 2.24) is 10.2 Å². The van der Waals surface area contributed by atoms with Gasteiger partial charge in [-0.2, -0.15) is 0 Å². The van der Waals surface area contributed by atoms with Crippen molar-refractivity contribution in [3.05, 3.63) is 0 Å². The van der Waals surface area contributed by atoms with Crippen LogP contribution in [0.5, 0.6) is 0 Å². The Morgan fingerprint density at radius 1 is 1.43 bits per heavy atom. The Hall–Kier alpha value is -0.120. The van der Waals surface area contributed by atoms with E-state index in [2.05, 4.69) is 17.1 Å². The first kappa shape index (κ1) is 12.0. The molecule has 0 aliphatic carbocycles. The minimum absolute atomic E-state index is 0.334. The van der Waals surface area contributed by atoms with E-state index in [9.17, 15) is 0 Å². The lowest BCUT2D eigenvalue weighted by atomic mass is 10.1. The third-order valence-electron chi connectivity index (χ3n) is 3.05. The van der Waals surface area contributed by atoms with Gasteiger partial charge in [-0.15, -0.1) is 0 Å². The van der Waals surface area contributed by atoms with Crippen molar-refractivity contribution in [2.24, 2.45) is 0 Å². The van der Waals surface area contributed by atoms with Gasteiger partial charge < -0.3 is 10.4 Å². The van der Waals surface area contributed by atoms with E-state index in [-0.39, 0.29) is 0 Å². The number of aliphatic hydroxyl groups excluding tert-OH is 1. The van der Waals surface area contributed by atoms with Crippen LogP contribution in [0.25, 0.3) is 0 Å². The molecule has 0 spiro atoms. The SMILES string of the molecule is CCN(CCCCO)C1CCCNC1. The molecule has 0 saturated carbocycles. The fraction of sp³-hybridized carbons (Fsp3) is 1.00. The molecule has 1 heterocycles. The molecular formula is C11H24N2O. The Morgan fingerprint density at radius 2 is 2.29 bits per heavy atom. The molecular weight excluding hydrogens is 176 g/mol. The number of rotatable bonds is 6. The number of likely N-dealkylation sites (N-methyl/N-ethyl adjacent to an activating group) is 1. The maximum atomic E-state index is 8.73. The number of aliphatic hydroxyl groups is 1. The van der Waals surface area contributed by atoms with Crippen LogP contribution in [-0.2, 0) is 0 Å². The molecule has 0 aromatic heterocycles. The third-order valence-corrected chi connectivity index (χ3v) is 3.05. The van der Waals surface area contributed by atoms with E-state index >= 15 is 0 Å². The summed E-state index contributed by atoms with van der Waals surface area (Å²) in [6, 6.07) is 0.729. The van der Waals surface area contributed by atoms with Gasteiger partial charge in [-0.1, -0.05) is 6.92 Å². The van der Waals surface area contributed by atoms with Crippen molar-refractivity contribution in [3.8, 4) is 0 Å². The van der Waals surface area contributed by atoms with E-state index in [4.69, 9.17) is 5.11 Å². The predicted octanol–water partition coefficient (Wildman–Crippen LogP) is 0.833. The summed E-state index contributed by atoms with van der Waals surface area (Å²) in [5.41, 5.74) is 0. The molecule has 1 aliphatic heterocycles. The van der Waals surface area contributed by atoms with Crippen LogP contribution in [-0.4, -0.2) is 48.8 Å². The van der Waals surface area contributed by atoms with Crippen molar-refractivity contribution in [1.29, 1.82) is 0 Å². The van der Waals surface area contributed by atoms with E-state index in [1.807, 2.05) is 0 Å². The van der Waals surface area contributed by atoms with Gasteiger partial charge in [0.1, 0.15) is 0 Å². The maximum absolute atomic E-state index is 8.73. The number of nitrogens with zero attached hydrogens (tertiary/aromatic N) is 1. The molecule has 84 valence electrons. The van der Waals surface area contributed by atoms with Gasteiger partial charge in [0.25, 0.3) is 0 Å². The number of hydrogen-bond acceptors (Lipinski definition) is 3. The molecule has 1 saturated heterocycles. The zero-order valence-corrected chi connectivity index (χ0v) is 9.34. The average Bonchev–Trinajstić information content (AvgIpc) is 2.26. The number of nitrogens with one attached hydrogen (secondary N) is 1. The van der Waals surface area contributed by atoms with Crippen LogP contribution >= 0.6 is 0 Å². The Labute approximate surface area is 87.5 Å². The largest absolute Gasteiger partial charge is 0.396 e. The summed E-state index contributed by atoms with van der Waals surface area (Å²) >= 11 is 0. The van der Waals surface area contributed by atoms with Gasteiger partial charge in [0.15, 0.2) is 0 Å². The highest BCUT2D eigenvalue weighted by molar-refractivity contribution is 4.77. The van der Waals surface area contributed by atoms with Crippen molar-refractivity contribution in [2.45, 2.75) is 38.6 Å². The number of piperidine rings is 1. The molecule has 0 radical (unpaired) electrons. The lowest BCUT2D eigenvalue weighted by Crippen LogP contribution is -2.46. The molecule has 14 heavy (non-hydrogen) atoms. The van der Waals surface area contributed by atoms with Gasteiger partial charge in [-0.25, -0.2) is 0 Å². The second kappa shape index (κ2) is 7.21. The molecule has 3 heteroatoms. The smallest absolute Gasteiger partial charge is 0.0431 e. The summed E-state index contributed by atoms with van der Waals surface area (Å²) in [5.74, 6) is 0. The van der Waals surface area contributed by atoms with Crippen molar-refractivity contribution < 1.29 is 5.11 Å². The first-order valence-electron chi connectivity index (χ1n) is 5.94. The molecule has 1 unspecified atom stereocenters. The zero-order chi connectivity index (χ0) is 10.2. The highest BCUT2D eigenvalue weighted by Gasteiger charge is 2.18. The fourth-order valence-corrected chi connectivity index (χ4v) is 2.17. The molecule has 0 amide bonds. The molecule has 0 bridgehead atoms. The molecule has 1 atom stereocenters. The standard InChI is InChI=1S/C11H24N2O/c1-2-13(8-3-4-9-14)11-6-5-7-12-10-11/h11-12,14H,2-10H2,1H3. The topological polar surface area (TPSA) is 35.5 Å². The first-order valence-corrected chi connectivity index (χ1v) is 5.94. The minimum atomic E-state index is 0.334. The Kier molecular flexibility index (Phi) is 6.15. The van der Waals surface area contributed by atoms with Crippen LogP contribution in [0.4, 0.5) is 0 Å². The third kappa shape index (κ3) is 3.95. The summed E-state index contributed by atoms with van der Waals surface area (Å²) < 4.78 is 0. The maximum Gasteiger partial charge on any atom is 0.0431 e. The van der Waals surface area contributed by atoms with Crippen LogP contribution in [0.15, 0.2) is 0 Å². The summed E-state index contributed by atoms with van der Waals surface area (Å²) in [6.07, 6.45) is 4.71. The molecule has 1 fully saturated rings. The second-order valence-electron chi connectivity index (χ2n) is 4.06. The molecule has 3 nitrogen and oxygen atoms in total. The van der Waals surface area contributed by atoms with Gasteiger partial charge in [0.2, 0.25) is 0 Å². The van der Waals surface area contributed by atoms with Crippen LogP contribution < -0.4 is 5.32 Å². The lowest BCUT2D eigenvalue weighted by molar-refractivity contribution is 0.166. The van der Waals surface area contributed by atoms with Crippen molar-refractivity contribution in [3.63, 3.8) is 0 Å². The monoisotopic (exact) mass is 200 g/mol. The van der Waals surface area contributed by atoms with Crippen LogP contribution in [0, 0.1) is 0 Å². The van der Waals surface area contributed by atoms with E-state index in [1.54, 1.807) is 0 Å². The van der Waals surface area contributed by atoms with Gasteiger partial charge in [0, 0.05) is 19.2 Å². The van der Waals surface area contributed by atoms with Crippen LogP contribution in [0.3, 0.4) is 0 Å². The fourth-order valence-electron chi connectivity index (χ4n) is 2.17. The summed E-state index contributed by atoms with van der Waals surface area (Å²) in [5, 5.41) is 12.2. The quantitative estimate of drug-likeness (QED) is 0.624. The van der Waals surface area contributed by atoms with Crippen molar-refractivity contribution >= 4 is 0 Å². The van der Waals surface area contributed by atoms with Crippen molar-refractivity contribution in [2.75, 3.05) is 32.8 Å². The van der Waals surface area contributed by atoms with E-state index in [0.29, 0.717) is 6.61 Å². The normalized spacial score (nSPS) is 22.9. The van der Waals surface area contributed by atoms with E-state index in [0.717, 1.165) is 38.5 Å². The van der Waals surface area contributed by atoms with E-state index < -0.39 is 0 Å². The van der Waals surface area contributed by atoms with Gasteiger partial charge >= 0.3 is 0 Å². The Bertz CT molecular complexity index is 135. The van der Waals surface area contributed by atoms with Gasteiger partial charge in [0.05, 0.1) is 0 Å². The predicted molar refractivity (Wildman–Crippen MR) is 59.5 cm³/mol. The molecule has 0 aromatic rings. The van der Waals surface area contributed by atoms with Crippen LogP contribution in [0.1, 0.15) is 32.6 Å². The number of hydrogen-bond donors (Lipinski definition) is 2. The van der Waals surface area contributed by atoms with E-state index in [1.165, 1.54) is 19.4 Å². The second-order valence-corrected chi connectivity index (χ2v) is 4.06. The van der Waals surface area contributed by atoms with Crippen LogP contribution in [0.2, 0.25) is 0 Å². The molecule has 2 N–H and O–H groups in total. The highest BCUT2D eigenvalue weighted by Crippen LogP contribution is 2.10. The zero-order valence-electron chi connectivity index (χ0n) is 9.34. The average molecular weight is 200 g/mol. The summed E-state index contributed by atoms with van der Waals surface area (Å²) in [7, 11) is 0. The minimum Gasteiger partial charge on any atom is -0.396 e. The Morgan fingerprint density at radius 3 is 2.86 bits per heavy atom. The molecule has 1 aliphatic rings. The Balaban J connectivity index is 2.21. The summed E-state index contributed by atoms with van der Waals surface area (Å²) in [4.78, 5) is 2.54. The number of unbranched alkanes of at least 4 members (excludes halogenated alkanes) is 1. The lowest BCUT2D eigenvalue weighted by Gasteiger charge is -2.33. The van der Waals surface area contributed by atoms with Gasteiger partial charge in [-0.3, -0.25) is 4.90 Å². The summed E-state index contributed by atoms with van der Waals surface area (Å²) in [6.45, 7) is 7.17. The molecule has 0 aromatic carbocycles. The first-order chi connectivity index (χ1) is 6.88. The highest BCUT2D eigenvalue weighted by atomic mass is 16.2. The molecule has 1 rings (SSSR count). The van der Waals surface area contributed by atoms with Gasteiger partial charge in [-0.05, 0) is 45.3 Å².